The molecule has 5 heteroatoms. The van der Waals surface area contributed by atoms with Crippen LogP contribution in [0.4, 0.5) is 4.11 Å². The summed E-state index contributed by atoms with van der Waals surface area (Å²) in [7, 11) is -5.53. The van der Waals surface area contributed by atoms with Gasteiger partial charge in [0.25, 0.3) is 0 Å². The van der Waals surface area contributed by atoms with Crippen molar-refractivity contribution in [3.63, 3.8) is 0 Å². The summed E-state index contributed by atoms with van der Waals surface area (Å²) in [6, 6.07) is 26.1. The Balaban J connectivity index is 2.57. The van der Waals surface area contributed by atoms with E-state index in [4.69, 9.17) is 0 Å². The first-order valence-corrected chi connectivity index (χ1v) is 21.9. The van der Waals surface area contributed by atoms with Gasteiger partial charge in [-0.05, 0) is 65.4 Å². The van der Waals surface area contributed by atoms with Gasteiger partial charge in [-0.2, -0.15) is 0 Å². The van der Waals surface area contributed by atoms with E-state index in [1.165, 1.54) is 15.9 Å². The number of hydrogen-bond donors (Lipinski definition) is 0. The van der Waals surface area contributed by atoms with Gasteiger partial charge in [-0.15, -0.1) is 0 Å². The predicted molar refractivity (Wildman–Crippen MR) is 196 cm³/mol. The van der Waals surface area contributed by atoms with E-state index in [1.54, 1.807) is 0 Å². The quantitative estimate of drug-likeness (QED) is 0.0820. The van der Waals surface area contributed by atoms with Crippen molar-refractivity contribution in [1.82, 2.24) is 0 Å². The van der Waals surface area contributed by atoms with Crippen molar-refractivity contribution >= 4 is 63.6 Å². The van der Waals surface area contributed by atoms with Crippen molar-refractivity contribution in [3.8, 4) is 0 Å². The molecule has 0 atom stereocenters. The number of halogens is 1. The minimum absolute atomic E-state index is 0.488. The Bertz CT molecular complexity index is 1090. The highest BCUT2D eigenvalue weighted by Gasteiger charge is 2.48. The van der Waals surface area contributed by atoms with E-state index in [-0.39, 0.29) is 0 Å². The first-order chi connectivity index (χ1) is 19.2. The highest BCUT2D eigenvalue weighted by Crippen LogP contribution is 2.47. The van der Waals surface area contributed by atoms with Crippen LogP contribution < -0.4 is 31.5 Å². The van der Waals surface area contributed by atoms with Gasteiger partial charge in [-0.1, -0.05) is 180 Å². The maximum atomic E-state index is 19.6. The summed E-state index contributed by atoms with van der Waals surface area (Å²) in [4.78, 5) is 0. The Labute approximate surface area is 256 Å². The van der Waals surface area contributed by atoms with Gasteiger partial charge in [-0.25, -0.2) is 0 Å². The van der Waals surface area contributed by atoms with E-state index in [0.717, 1.165) is 15.6 Å². The molecule has 0 saturated heterocycles. The fourth-order valence-corrected chi connectivity index (χ4v) is 21.3. The van der Waals surface area contributed by atoms with Crippen molar-refractivity contribution in [1.29, 1.82) is 0 Å². The van der Waals surface area contributed by atoms with Gasteiger partial charge >= 0.3 is 8.41 Å². The monoisotopic (exact) mass is 626 g/mol. The smallest absolute Gasteiger partial charge is 0.296 e. The van der Waals surface area contributed by atoms with Gasteiger partial charge in [0.2, 0.25) is 0 Å². The third-order valence-electron chi connectivity index (χ3n) is 8.00. The van der Waals surface area contributed by atoms with Crippen LogP contribution in [0, 0.1) is 0 Å². The summed E-state index contributed by atoms with van der Waals surface area (Å²) >= 11 is 0. The summed E-state index contributed by atoms with van der Waals surface area (Å²) in [5.41, 5.74) is 2.93. The van der Waals surface area contributed by atoms with E-state index in [0.29, 0.717) is 34.0 Å². The zero-order valence-electron chi connectivity index (χ0n) is 27.6. The average Bonchev–Trinajstić information content (AvgIpc) is 2.88. The SMILES string of the molecule is CC(C)P(c1ccccc1[Si](F)(c1ccccc1P(C(C)C)C(C)C)c1ccccc1P(C(C)C)C(C)C)C(C)C. The first-order valence-electron chi connectivity index (χ1n) is 15.6. The molecular weight excluding hydrogens is 572 g/mol. The van der Waals surface area contributed by atoms with E-state index < -0.39 is 32.2 Å². The van der Waals surface area contributed by atoms with Crippen molar-refractivity contribution in [2.75, 3.05) is 0 Å². The van der Waals surface area contributed by atoms with Crippen LogP contribution in [0.25, 0.3) is 0 Å². The van der Waals surface area contributed by atoms with Crippen LogP contribution in [-0.4, -0.2) is 42.4 Å². The Morgan fingerprint density at radius 3 is 0.780 bits per heavy atom. The molecule has 0 aliphatic carbocycles. The first kappa shape index (κ1) is 34.6. The highest BCUT2D eigenvalue weighted by molar-refractivity contribution is 7.69. The molecule has 0 unspecified atom stereocenters. The lowest BCUT2D eigenvalue weighted by Crippen LogP contribution is -2.72. The van der Waals surface area contributed by atoms with Crippen LogP contribution in [0.1, 0.15) is 83.1 Å². The van der Waals surface area contributed by atoms with Crippen molar-refractivity contribution in [3.05, 3.63) is 72.8 Å². The molecule has 0 saturated carbocycles. The standard InChI is InChI=1S/C36H54FP3Si/c1-25(2)38(26(3)4)31-19-13-16-22-34(31)41(37,35-23-17-14-20-32(35)39(27(5)6)28(7)8)36-24-18-15-21-33(36)40(29(9)10)30(11)12/h13-30H,1-12H3. The molecule has 3 rings (SSSR count). The maximum Gasteiger partial charge on any atom is 0.341 e. The molecule has 3 aromatic rings. The number of rotatable bonds is 12. The molecule has 0 aliphatic heterocycles. The normalized spacial score (nSPS) is 13.0. The van der Waals surface area contributed by atoms with E-state index in [2.05, 4.69) is 156 Å². The molecule has 41 heavy (non-hydrogen) atoms. The van der Waals surface area contributed by atoms with E-state index in [9.17, 15) is 0 Å². The molecule has 0 N–H and O–H groups in total. The van der Waals surface area contributed by atoms with Gasteiger partial charge in [0.05, 0.1) is 0 Å². The molecule has 0 fully saturated rings. The second-order valence-electron chi connectivity index (χ2n) is 13.0. The van der Waals surface area contributed by atoms with Crippen LogP contribution in [0.2, 0.25) is 0 Å². The van der Waals surface area contributed by atoms with Crippen molar-refractivity contribution < 1.29 is 4.11 Å². The Morgan fingerprint density at radius 1 is 0.390 bits per heavy atom. The average molecular weight is 627 g/mol. The van der Waals surface area contributed by atoms with Crippen LogP contribution in [0.15, 0.2) is 72.8 Å². The van der Waals surface area contributed by atoms with Crippen LogP contribution in [-0.2, 0) is 0 Å². The minimum atomic E-state index is -3.93. The molecule has 0 radical (unpaired) electrons. The maximum absolute atomic E-state index is 19.6. The minimum Gasteiger partial charge on any atom is -0.296 e. The Hall–Kier alpha value is -0.903. The molecule has 0 aliphatic rings. The summed E-state index contributed by atoms with van der Waals surface area (Å²) in [5, 5.41) is 6.84. The van der Waals surface area contributed by atoms with E-state index in [1.807, 2.05) is 0 Å². The van der Waals surface area contributed by atoms with Crippen molar-refractivity contribution in [2.45, 2.75) is 117 Å². The lowest BCUT2D eigenvalue weighted by atomic mass is 10.3. The molecule has 0 spiro atoms. The van der Waals surface area contributed by atoms with Crippen LogP contribution in [0.3, 0.4) is 0 Å². The second kappa shape index (κ2) is 14.7. The van der Waals surface area contributed by atoms with Crippen LogP contribution >= 0.6 is 23.8 Å². The highest BCUT2D eigenvalue weighted by atomic mass is 31.1. The molecule has 0 heterocycles. The molecule has 224 valence electrons. The number of benzene rings is 3. The zero-order valence-corrected chi connectivity index (χ0v) is 31.3. The summed E-state index contributed by atoms with van der Waals surface area (Å²) < 4.78 is 19.6. The molecule has 3 aromatic carbocycles. The molecule has 0 bridgehead atoms. The third-order valence-corrected chi connectivity index (χ3v) is 21.7. The topological polar surface area (TPSA) is 0 Å². The Kier molecular flexibility index (Phi) is 12.4. The van der Waals surface area contributed by atoms with Gasteiger partial charge in [0.1, 0.15) is 0 Å². The van der Waals surface area contributed by atoms with Crippen LogP contribution in [0.5, 0.6) is 0 Å². The van der Waals surface area contributed by atoms with Crippen molar-refractivity contribution in [2.24, 2.45) is 0 Å². The largest absolute Gasteiger partial charge is 0.341 e. The molecule has 0 amide bonds. The summed E-state index contributed by atoms with van der Waals surface area (Å²) in [6.07, 6.45) is 0. The molecular formula is C36H54FP3Si. The second-order valence-corrected chi connectivity index (χ2v) is 26.0. The van der Waals surface area contributed by atoms with Gasteiger partial charge in [0.15, 0.2) is 0 Å². The van der Waals surface area contributed by atoms with Gasteiger partial charge in [-0.3, -0.25) is 4.11 Å². The van der Waals surface area contributed by atoms with E-state index >= 15 is 4.11 Å². The fourth-order valence-electron chi connectivity index (χ4n) is 6.86. The lowest BCUT2D eigenvalue weighted by Gasteiger charge is -2.38. The fraction of sp³-hybridized carbons (Fsp3) is 0.500. The zero-order chi connectivity index (χ0) is 30.6. The van der Waals surface area contributed by atoms with Gasteiger partial charge < -0.3 is 0 Å². The number of hydrogen-bond acceptors (Lipinski definition) is 0. The summed E-state index contributed by atoms with van der Waals surface area (Å²) in [5.74, 6) is 0. The predicted octanol–water partition coefficient (Wildman–Crippen LogP) is 8.40. The summed E-state index contributed by atoms with van der Waals surface area (Å²) in [6.45, 7) is 28.0. The third kappa shape index (κ3) is 7.26. The van der Waals surface area contributed by atoms with Gasteiger partial charge in [0, 0.05) is 0 Å². The lowest BCUT2D eigenvalue weighted by molar-refractivity contribution is 0.843. The Morgan fingerprint density at radius 2 is 0.585 bits per heavy atom. The molecule has 0 nitrogen and oxygen atoms in total. The molecule has 0 aromatic heterocycles.